The molecule has 0 bridgehead atoms. The summed E-state index contributed by atoms with van der Waals surface area (Å²) >= 11 is 14.4. The van der Waals surface area contributed by atoms with E-state index in [1.165, 1.54) is 0 Å². The number of nitrogens with one attached hydrogen (secondary N) is 1. The number of hydrogen-bond donors (Lipinski definition) is 1. The van der Waals surface area contributed by atoms with Gasteiger partial charge in [0.1, 0.15) is 0 Å². The Bertz CT molecular complexity index is 606. The number of likely N-dealkylation sites (N-methyl/N-ethyl adjacent to an activating group) is 1. The van der Waals surface area contributed by atoms with Gasteiger partial charge < -0.3 is 10.2 Å². The summed E-state index contributed by atoms with van der Waals surface area (Å²) in [7, 11) is 6.00. The zero-order valence-electron chi connectivity index (χ0n) is 12.7. The van der Waals surface area contributed by atoms with Crippen LogP contribution in [0.2, 0.25) is 10.0 Å². The van der Waals surface area contributed by atoms with Crippen molar-refractivity contribution in [2.75, 3.05) is 27.7 Å². The summed E-state index contributed by atoms with van der Waals surface area (Å²) in [5, 5.41) is 11.2. The van der Waals surface area contributed by atoms with Crippen LogP contribution in [0.4, 0.5) is 0 Å². The predicted molar refractivity (Wildman–Crippen MR) is 90.8 cm³/mol. The van der Waals surface area contributed by atoms with E-state index >= 15 is 0 Å². The highest BCUT2D eigenvalue weighted by atomic mass is 35.5. The van der Waals surface area contributed by atoms with Crippen LogP contribution in [0.5, 0.6) is 0 Å². The lowest BCUT2D eigenvalue weighted by Crippen LogP contribution is -2.25. The number of aryl methyl sites for hydroxylation is 1. The third-order valence-corrected chi connectivity index (χ3v) is 5.41. The Balaban J connectivity index is 2.38. The zero-order chi connectivity index (χ0) is 15.6. The van der Waals surface area contributed by atoms with Crippen LogP contribution in [-0.4, -0.2) is 42.4 Å². The smallest absolute Gasteiger partial charge is 0.0869 e. The highest BCUT2D eigenvalue weighted by Gasteiger charge is 2.24. The SMILES string of the molecule is CNC(c1scc(C)c1Cl)c1c(Cl)cnn1CCN(C)C. The van der Waals surface area contributed by atoms with Crippen molar-refractivity contribution < 1.29 is 0 Å². The first-order valence-electron chi connectivity index (χ1n) is 6.72. The maximum Gasteiger partial charge on any atom is 0.0869 e. The lowest BCUT2D eigenvalue weighted by atomic mass is 10.1. The van der Waals surface area contributed by atoms with Gasteiger partial charge in [0.25, 0.3) is 0 Å². The van der Waals surface area contributed by atoms with E-state index in [-0.39, 0.29) is 6.04 Å². The Kier molecular flexibility index (Phi) is 5.68. The summed E-state index contributed by atoms with van der Waals surface area (Å²) in [6.45, 7) is 3.70. The number of halogens is 2. The topological polar surface area (TPSA) is 33.1 Å². The molecule has 2 rings (SSSR count). The molecule has 0 aliphatic carbocycles. The fraction of sp³-hybridized carbons (Fsp3) is 0.500. The number of rotatable bonds is 6. The van der Waals surface area contributed by atoms with E-state index in [9.17, 15) is 0 Å². The Morgan fingerprint density at radius 1 is 1.43 bits per heavy atom. The van der Waals surface area contributed by atoms with Gasteiger partial charge in [-0.15, -0.1) is 11.3 Å². The first-order valence-corrected chi connectivity index (χ1v) is 8.36. The monoisotopic (exact) mass is 346 g/mol. The highest BCUT2D eigenvalue weighted by Crippen LogP contribution is 2.37. The van der Waals surface area contributed by atoms with Crippen molar-refractivity contribution in [2.45, 2.75) is 19.5 Å². The van der Waals surface area contributed by atoms with Gasteiger partial charge in [-0.2, -0.15) is 5.10 Å². The van der Waals surface area contributed by atoms with Crippen LogP contribution in [0.1, 0.15) is 22.2 Å². The summed E-state index contributed by atoms with van der Waals surface area (Å²) in [5.41, 5.74) is 2.05. The van der Waals surface area contributed by atoms with Crippen molar-refractivity contribution in [1.82, 2.24) is 20.0 Å². The molecule has 1 atom stereocenters. The van der Waals surface area contributed by atoms with Crippen molar-refractivity contribution in [3.63, 3.8) is 0 Å². The summed E-state index contributed by atoms with van der Waals surface area (Å²) in [6.07, 6.45) is 1.70. The van der Waals surface area contributed by atoms with E-state index < -0.39 is 0 Å². The molecule has 2 aromatic heterocycles. The van der Waals surface area contributed by atoms with Gasteiger partial charge in [0, 0.05) is 11.4 Å². The summed E-state index contributed by atoms with van der Waals surface area (Å²) in [5.74, 6) is 0. The number of thiophene rings is 1. The van der Waals surface area contributed by atoms with Gasteiger partial charge in [-0.05, 0) is 39.0 Å². The first kappa shape index (κ1) is 16.8. The molecule has 1 N–H and O–H groups in total. The number of nitrogens with zero attached hydrogens (tertiary/aromatic N) is 3. The standard InChI is InChI=1S/C14H20Cl2N4S/c1-9-8-21-14(11(9)16)12(17-2)13-10(15)7-18-20(13)6-5-19(3)4/h7-8,12,17H,5-6H2,1-4H3. The molecular formula is C14H20Cl2N4S. The van der Waals surface area contributed by atoms with Crippen LogP contribution in [0.3, 0.4) is 0 Å². The van der Waals surface area contributed by atoms with Gasteiger partial charge >= 0.3 is 0 Å². The maximum atomic E-state index is 6.42. The molecule has 0 amide bonds. The molecule has 0 saturated heterocycles. The lowest BCUT2D eigenvalue weighted by molar-refractivity contribution is 0.366. The van der Waals surface area contributed by atoms with E-state index in [1.807, 2.05) is 32.7 Å². The minimum atomic E-state index is -0.0478. The molecule has 116 valence electrons. The second-order valence-corrected chi connectivity index (χ2v) is 6.92. The van der Waals surface area contributed by atoms with Crippen LogP contribution >= 0.6 is 34.5 Å². The lowest BCUT2D eigenvalue weighted by Gasteiger charge is -2.19. The minimum Gasteiger partial charge on any atom is -0.308 e. The summed E-state index contributed by atoms with van der Waals surface area (Å²) in [4.78, 5) is 3.20. The second kappa shape index (κ2) is 7.11. The Morgan fingerprint density at radius 2 is 2.14 bits per heavy atom. The van der Waals surface area contributed by atoms with Gasteiger partial charge in [-0.25, -0.2) is 0 Å². The van der Waals surface area contributed by atoms with E-state index in [4.69, 9.17) is 23.2 Å². The van der Waals surface area contributed by atoms with Crippen LogP contribution in [-0.2, 0) is 6.54 Å². The third-order valence-electron chi connectivity index (χ3n) is 3.34. The van der Waals surface area contributed by atoms with Crippen molar-refractivity contribution >= 4 is 34.5 Å². The second-order valence-electron chi connectivity index (χ2n) is 5.22. The maximum absolute atomic E-state index is 6.42. The quantitative estimate of drug-likeness (QED) is 0.869. The van der Waals surface area contributed by atoms with Gasteiger partial charge in [-0.1, -0.05) is 23.2 Å². The van der Waals surface area contributed by atoms with Crippen molar-refractivity contribution in [1.29, 1.82) is 0 Å². The van der Waals surface area contributed by atoms with E-state index in [0.29, 0.717) is 5.02 Å². The minimum absolute atomic E-state index is 0.0478. The molecule has 0 fully saturated rings. The molecule has 0 saturated carbocycles. The van der Waals surface area contributed by atoms with Gasteiger partial charge in [-0.3, -0.25) is 4.68 Å². The van der Waals surface area contributed by atoms with Crippen LogP contribution in [0.15, 0.2) is 11.6 Å². The molecule has 21 heavy (non-hydrogen) atoms. The van der Waals surface area contributed by atoms with Gasteiger partial charge in [0.15, 0.2) is 0 Å². The van der Waals surface area contributed by atoms with Crippen LogP contribution in [0, 0.1) is 6.92 Å². The molecule has 0 spiro atoms. The molecule has 2 heterocycles. The van der Waals surface area contributed by atoms with Crippen molar-refractivity contribution in [2.24, 2.45) is 0 Å². The fourth-order valence-electron chi connectivity index (χ4n) is 2.17. The summed E-state index contributed by atoms with van der Waals surface area (Å²) in [6, 6.07) is -0.0478. The number of aromatic nitrogens is 2. The van der Waals surface area contributed by atoms with Crippen LogP contribution < -0.4 is 5.32 Å². The predicted octanol–water partition coefficient (Wildman–Crippen LogP) is 3.43. The molecule has 7 heteroatoms. The molecule has 2 aromatic rings. The molecular weight excluding hydrogens is 327 g/mol. The molecule has 0 aromatic carbocycles. The Labute approximate surface area is 139 Å². The molecule has 0 aliphatic rings. The Morgan fingerprint density at radius 3 is 2.67 bits per heavy atom. The first-order chi connectivity index (χ1) is 9.95. The van der Waals surface area contributed by atoms with Crippen molar-refractivity contribution in [3.05, 3.63) is 37.8 Å². The van der Waals surface area contributed by atoms with Crippen LogP contribution in [0.25, 0.3) is 0 Å². The third kappa shape index (κ3) is 3.60. The van der Waals surface area contributed by atoms with Gasteiger partial charge in [0.2, 0.25) is 0 Å². The van der Waals surface area contributed by atoms with Gasteiger partial charge in [0.05, 0.1) is 34.5 Å². The highest BCUT2D eigenvalue weighted by molar-refractivity contribution is 7.10. The Hall–Kier alpha value is -0.590. The molecule has 0 radical (unpaired) electrons. The normalized spacial score (nSPS) is 13.1. The fourth-order valence-corrected chi connectivity index (χ4v) is 3.83. The average molecular weight is 347 g/mol. The zero-order valence-corrected chi connectivity index (χ0v) is 15.0. The average Bonchev–Trinajstić information content (AvgIpc) is 2.96. The van der Waals surface area contributed by atoms with E-state index in [1.54, 1.807) is 17.5 Å². The summed E-state index contributed by atoms with van der Waals surface area (Å²) < 4.78 is 1.95. The molecule has 4 nitrogen and oxygen atoms in total. The van der Waals surface area contributed by atoms with E-state index in [0.717, 1.165) is 34.2 Å². The largest absolute Gasteiger partial charge is 0.308 e. The van der Waals surface area contributed by atoms with Crippen molar-refractivity contribution in [3.8, 4) is 0 Å². The van der Waals surface area contributed by atoms with E-state index in [2.05, 4.69) is 20.7 Å². The molecule has 0 aliphatic heterocycles. The number of hydrogen-bond acceptors (Lipinski definition) is 4. The molecule has 1 unspecified atom stereocenters.